The van der Waals surface area contributed by atoms with Crippen molar-refractivity contribution in [1.82, 2.24) is 0 Å². The smallest absolute Gasteiger partial charge is 0.255 e. The second-order valence-corrected chi connectivity index (χ2v) is 6.06. The lowest BCUT2D eigenvalue weighted by atomic mass is 10.2. The third-order valence-corrected chi connectivity index (χ3v) is 4.10. The van der Waals surface area contributed by atoms with Gasteiger partial charge < -0.3 is 24.3 Å². The minimum Gasteiger partial charge on any atom is -0.493 e. The van der Waals surface area contributed by atoms with Crippen LogP contribution in [-0.4, -0.2) is 33.3 Å². The maximum Gasteiger partial charge on any atom is 0.255 e. The molecule has 6 heteroatoms. The zero-order valence-corrected chi connectivity index (χ0v) is 16.4. The fourth-order valence-electron chi connectivity index (χ4n) is 2.68. The molecule has 0 spiro atoms. The summed E-state index contributed by atoms with van der Waals surface area (Å²) in [6, 6.07) is 21.7. The summed E-state index contributed by atoms with van der Waals surface area (Å²) in [5.41, 5.74) is 1.09. The van der Waals surface area contributed by atoms with Crippen LogP contribution in [0.15, 0.2) is 72.8 Å². The number of benzene rings is 3. The number of rotatable bonds is 9. The van der Waals surface area contributed by atoms with Crippen molar-refractivity contribution in [2.24, 2.45) is 0 Å². The highest BCUT2D eigenvalue weighted by molar-refractivity contribution is 6.04. The molecule has 150 valence electrons. The van der Waals surface area contributed by atoms with Gasteiger partial charge in [0.25, 0.3) is 5.91 Å². The van der Waals surface area contributed by atoms with E-state index in [0.717, 1.165) is 5.75 Å². The van der Waals surface area contributed by atoms with Crippen LogP contribution in [0.25, 0.3) is 0 Å². The second kappa shape index (κ2) is 10.0. The molecule has 1 amide bonds. The lowest BCUT2D eigenvalue weighted by Gasteiger charge is -2.11. The van der Waals surface area contributed by atoms with E-state index in [9.17, 15) is 4.79 Å². The van der Waals surface area contributed by atoms with E-state index in [0.29, 0.717) is 41.7 Å². The molecule has 0 aromatic heterocycles. The third-order valence-electron chi connectivity index (χ3n) is 4.10. The monoisotopic (exact) mass is 393 g/mol. The molecule has 3 rings (SSSR count). The number of para-hydroxylation sites is 1. The number of ether oxygens (including phenoxy) is 4. The summed E-state index contributed by atoms with van der Waals surface area (Å²) in [7, 11) is 3.11. The Hall–Kier alpha value is -3.67. The first kappa shape index (κ1) is 20.1. The maximum absolute atomic E-state index is 12.6. The summed E-state index contributed by atoms with van der Waals surface area (Å²) in [6.07, 6.45) is 0. The van der Waals surface area contributed by atoms with Gasteiger partial charge in [-0.05, 0) is 42.5 Å². The Labute approximate surface area is 170 Å². The number of hydrogen-bond acceptors (Lipinski definition) is 5. The molecule has 0 aliphatic carbocycles. The highest BCUT2D eigenvalue weighted by atomic mass is 16.5. The van der Waals surface area contributed by atoms with Crippen LogP contribution in [0.2, 0.25) is 0 Å². The molecule has 0 heterocycles. The van der Waals surface area contributed by atoms with Gasteiger partial charge in [0.1, 0.15) is 24.7 Å². The molecule has 3 aromatic carbocycles. The Kier molecular flexibility index (Phi) is 6.95. The molecule has 0 unspecified atom stereocenters. The molecule has 0 atom stereocenters. The van der Waals surface area contributed by atoms with Crippen LogP contribution < -0.4 is 24.3 Å². The van der Waals surface area contributed by atoms with Gasteiger partial charge in [-0.25, -0.2) is 0 Å². The highest BCUT2D eigenvalue weighted by Crippen LogP contribution is 2.30. The molecule has 0 bridgehead atoms. The van der Waals surface area contributed by atoms with Gasteiger partial charge >= 0.3 is 0 Å². The Morgan fingerprint density at radius 2 is 1.45 bits per heavy atom. The van der Waals surface area contributed by atoms with Crippen molar-refractivity contribution in [1.29, 1.82) is 0 Å². The number of hydrogen-bond donors (Lipinski definition) is 1. The Balaban J connectivity index is 1.56. The van der Waals surface area contributed by atoms with Crippen molar-refractivity contribution in [3.05, 3.63) is 78.4 Å². The zero-order chi connectivity index (χ0) is 20.5. The molecule has 0 fully saturated rings. The average Bonchev–Trinajstić information content (AvgIpc) is 2.77. The van der Waals surface area contributed by atoms with E-state index in [4.69, 9.17) is 18.9 Å². The predicted octanol–water partition coefficient (Wildman–Crippen LogP) is 4.41. The minimum absolute atomic E-state index is 0.247. The summed E-state index contributed by atoms with van der Waals surface area (Å²) in [6.45, 7) is 0.779. The number of anilines is 1. The first-order chi connectivity index (χ1) is 14.2. The molecule has 6 nitrogen and oxygen atoms in total. The number of amides is 1. The second-order valence-electron chi connectivity index (χ2n) is 6.06. The van der Waals surface area contributed by atoms with E-state index >= 15 is 0 Å². The fourth-order valence-corrected chi connectivity index (χ4v) is 2.68. The summed E-state index contributed by atoms with van der Waals surface area (Å²) < 4.78 is 21.8. The summed E-state index contributed by atoms with van der Waals surface area (Å²) >= 11 is 0. The lowest BCUT2D eigenvalue weighted by molar-refractivity contribution is 0.102. The normalized spacial score (nSPS) is 10.1. The first-order valence-corrected chi connectivity index (χ1v) is 9.13. The van der Waals surface area contributed by atoms with Crippen LogP contribution >= 0.6 is 0 Å². The van der Waals surface area contributed by atoms with E-state index in [1.165, 1.54) is 0 Å². The third kappa shape index (κ3) is 5.65. The van der Waals surface area contributed by atoms with Crippen molar-refractivity contribution < 1.29 is 23.7 Å². The lowest BCUT2D eigenvalue weighted by Crippen LogP contribution is -2.13. The largest absolute Gasteiger partial charge is 0.493 e. The number of carbonyl (C=O) groups is 1. The van der Waals surface area contributed by atoms with E-state index < -0.39 is 0 Å². The molecule has 3 aromatic rings. The maximum atomic E-state index is 12.6. The summed E-state index contributed by atoms with van der Waals surface area (Å²) in [4.78, 5) is 12.6. The van der Waals surface area contributed by atoms with Gasteiger partial charge in [0.05, 0.1) is 14.2 Å². The van der Waals surface area contributed by atoms with Crippen molar-refractivity contribution in [2.75, 3.05) is 32.8 Å². The molecule has 0 saturated carbocycles. The topological polar surface area (TPSA) is 66.0 Å². The van der Waals surface area contributed by atoms with Crippen LogP contribution in [0.1, 0.15) is 10.4 Å². The van der Waals surface area contributed by atoms with Gasteiger partial charge in [-0.2, -0.15) is 0 Å². The number of methoxy groups -OCH3 is 2. The van der Waals surface area contributed by atoms with Crippen molar-refractivity contribution in [3.63, 3.8) is 0 Å². The van der Waals surface area contributed by atoms with Crippen molar-refractivity contribution in [3.8, 4) is 23.0 Å². The molecule has 1 N–H and O–H groups in total. The van der Waals surface area contributed by atoms with Crippen LogP contribution in [-0.2, 0) is 0 Å². The van der Waals surface area contributed by atoms with Gasteiger partial charge in [0.15, 0.2) is 11.5 Å². The van der Waals surface area contributed by atoms with E-state index in [1.54, 1.807) is 56.7 Å². The van der Waals surface area contributed by atoms with Crippen LogP contribution in [0.3, 0.4) is 0 Å². The van der Waals surface area contributed by atoms with Crippen LogP contribution in [0.4, 0.5) is 5.69 Å². The van der Waals surface area contributed by atoms with Gasteiger partial charge in [-0.3, -0.25) is 4.79 Å². The molecule has 0 aliphatic heterocycles. The standard InChI is InChI=1S/C23H23NO5/c1-26-21-12-11-18(16-22(21)27-2)24-23(25)17-7-6-10-20(15-17)29-14-13-28-19-8-4-3-5-9-19/h3-12,15-16H,13-14H2,1-2H3,(H,24,25). The van der Waals surface area contributed by atoms with E-state index in [-0.39, 0.29) is 5.91 Å². The zero-order valence-electron chi connectivity index (χ0n) is 16.4. The average molecular weight is 393 g/mol. The SMILES string of the molecule is COc1ccc(NC(=O)c2cccc(OCCOc3ccccc3)c2)cc1OC. The predicted molar refractivity (Wildman–Crippen MR) is 111 cm³/mol. The van der Waals surface area contributed by atoms with Crippen LogP contribution in [0.5, 0.6) is 23.0 Å². The first-order valence-electron chi connectivity index (χ1n) is 9.13. The Morgan fingerprint density at radius 1 is 0.759 bits per heavy atom. The molecular weight excluding hydrogens is 370 g/mol. The number of nitrogens with one attached hydrogen (secondary N) is 1. The minimum atomic E-state index is -0.247. The Bertz CT molecular complexity index is 943. The van der Waals surface area contributed by atoms with Crippen LogP contribution in [0, 0.1) is 0 Å². The van der Waals surface area contributed by atoms with Gasteiger partial charge in [-0.15, -0.1) is 0 Å². The fraction of sp³-hybridized carbons (Fsp3) is 0.174. The van der Waals surface area contributed by atoms with Crippen molar-refractivity contribution >= 4 is 11.6 Å². The molecular formula is C23H23NO5. The molecule has 29 heavy (non-hydrogen) atoms. The van der Waals surface area contributed by atoms with E-state index in [2.05, 4.69) is 5.32 Å². The molecule has 0 aliphatic rings. The molecule has 0 saturated heterocycles. The van der Waals surface area contributed by atoms with Crippen molar-refractivity contribution in [2.45, 2.75) is 0 Å². The quantitative estimate of drug-likeness (QED) is 0.546. The highest BCUT2D eigenvalue weighted by Gasteiger charge is 2.10. The number of carbonyl (C=O) groups excluding carboxylic acids is 1. The van der Waals surface area contributed by atoms with Gasteiger partial charge in [0.2, 0.25) is 0 Å². The molecule has 0 radical (unpaired) electrons. The van der Waals surface area contributed by atoms with Gasteiger partial charge in [-0.1, -0.05) is 24.3 Å². The van der Waals surface area contributed by atoms with Gasteiger partial charge in [0, 0.05) is 17.3 Å². The summed E-state index contributed by atoms with van der Waals surface area (Å²) in [5, 5.41) is 2.85. The Morgan fingerprint density at radius 3 is 2.17 bits per heavy atom. The summed E-state index contributed by atoms with van der Waals surface area (Å²) in [5.74, 6) is 2.28. The van der Waals surface area contributed by atoms with E-state index in [1.807, 2.05) is 30.3 Å².